The quantitative estimate of drug-likeness (QED) is 0.165. The van der Waals surface area contributed by atoms with Crippen molar-refractivity contribution in [2.24, 2.45) is 7.05 Å². The van der Waals surface area contributed by atoms with Crippen molar-refractivity contribution >= 4 is 44.9 Å². The van der Waals surface area contributed by atoms with E-state index in [1.54, 1.807) is 30.7 Å². The number of nitro benzene ring substituents is 1. The standard InChI is InChI=1S/C24H19N3O5/c1-3-32-24(29)25-16-10-13-18-19-6-4-5-7-21(19)26(2)22(20(18)14-16)23(28)15-8-11-17(12-9-15)27(30)31/h4-14H,3H2,1-2H3/p+1. The first-order valence-electron chi connectivity index (χ1n) is 9.98. The SMILES string of the molecule is CCOC(=O)Nc1ccc2c(c1)c(C(=O)c1ccc([N+](=O)[O-])cc1)[n+](C)c1ccccc21. The van der Waals surface area contributed by atoms with Gasteiger partial charge in [-0.25, -0.2) is 4.79 Å². The molecule has 1 aromatic heterocycles. The molecule has 1 heterocycles. The van der Waals surface area contributed by atoms with Gasteiger partial charge < -0.3 is 4.74 Å². The van der Waals surface area contributed by atoms with E-state index in [0.29, 0.717) is 22.3 Å². The van der Waals surface area contributed by atoms with Crippen molar-refractivity contribution in [1.82, 2.24) is 0 Å². The van der Waals surface area contributed by atoms with Crippen LogP contribution < -0.4 is 9.88 Å². The van der Waals surface area contributed by atoms with Crippen LogP contribution in [0.2, 0.25) is 0 Å². The van der Waals surface area contributed by atoms with E-state index in [2.05, 4.69) is 5.32 Å². The number of fused-ring (bicyclic) bond motifs is 3. The van der Waals surface area contributed by atoms with E-state index in [0.717, 1.165) is 16.3 Å². The van der Waals surface area contributed by atoms with Crippen LogP contribution in [0, 0.1) is 10.1 Å². The molecular weight excluding hydrogens is 410 g/mol. The van der Waals surface area contributed by atoms with E-state index in [1.165, 1.54) is 24.3 Å². The number of carbonyl (C=O) groups excluding carboxylic acids is 2. The summed E-state index contributed by atoms with van der Waals surface area (Å²) in [6.07, 6.45) is -0.583. The Morgan fingerprint density at radius 1 is 1.00 bits per heavy atom. The first kappa shape index (κ1) is 20.9. The average Bonchev–Trinajstić information content (AvgIpc) is 2.79. The molecular formula is C24H20N3O5+. The molecule has 0 atom stereocenters. The van der Waals surface area contributed by atoms with Crippen LogP contribution in [-0.2, 0) is 11.8 Å². The normalized spacial score (nSPS) is 10.8. The number of aromatic nitrogens is 1. The summed E-state index contributed by atoms with van der Waals surface area (Å²) in [5.74, 6) is -0.286. The number of rotatable bonds is 5. The van der Waals surface area contributed by atoms with Gasteiger partial charge in [0, 0.05) is 34.8 Å². The fourth-order valence-electron chi connectivity index (χ4n) is 3.78. The van der Waals surface area contributed by atoms with Crippen LogP contribution in [0.1, 0.15) is 23.0 Å². The number of aryl methyl sites for hydroxylation is 1. The smallest absolute Gasteiger partial charge is 0.411 e. The Balaban J connectivity index is 1.93. The van der Waals surface area contributed by atoms with E-state index in [1.807, 2.05) is 30.3 Å². The molecule has 0 aliphatic carbocycles. The van der Waals surface area contributed by atoms with Crippen LogP contribution in [0.3, 0.4) is 0 Å². The van der Waals surface area contributed by atoms with Crippen LogP contribution in [-0.4, -0.2) is 23.4 Å². The summed E-state index contributed by atoms with van der Waals surface area (Å²) >= 11 is 0. The zero-order valence-electron chi connectivity index (χ0n) is 17.5. The Morgan fingerprint density at radius 3 is 2.41 bits per heavy atom. The minimum atomic E-state index is -0.583. The predicted molar refractivity (Wildman–Crippen MR) is 120 cm³/mol. The zero-order valence-corrected chi connectivity index (χ0v) is 17.5. The maximum Gasteiger partial charge on any atom is 0.411 e. The van der Waals surface area contributed by atoms with Gasteiger partial charge in [0.1, 0.15) is 7.05 Å². The Hall–Kier alpha value is -4.33. The molecule has 3 aromatic carbocycles. The third kappa shape index (κ3) is 3.74. The fourth-order valence-corrected chi connectivity index (χ4v) is 3.78. The van der Waals surface area contributed by atoms with Gasteiger partial charge >= 0.3 is 6.09 Å². The molecule has 32 heavy (non-hydrogen) atoms. The molecule has 1 amide bonds. The number of ketones is 1. The minimum Gasteiger partial charge on any atom is -0.450 e. The number of carbonyl (C=O) groups is 2. The number of ether oxygens (including phenoxy) is 1. The molecule has 0 saturated heterocycles. The second kappa shape index (κ2) is 8.43. The second-order valence-electron chi connectivity index (χ2n) is 7.16. The number of hydrogen-bond donors (Lipinski definition) is 1. The molecule has 1 N–H and O–H groups in total. The van der Waals surface area contributed by atoms with Gasteiger partial charge in [-0.2, -0.15) is 4.57 Å². The number of non-ortho nitro benzene ring substituents is 1. The molecule has 0 spiro atoms. The van der Waals surface area contributed by atoms with Gasteiger partial charge in [0.2, 0.25) is 5.52 Å². The summed E-state index contributed by atoms with van der Waals surface area (Å²) in [5.41, 5.74) is 1.99. The zero-order chi connectivity index (χ0) is 22.8. The van der Waals surface area contributed by atoms with Gasteiger partial charge in [-0.1, -0.05) is 18.2 Å². The number of anilines is 1. The topological polar surface area (TPSA) is 102 Å². The van der Waals surface area contributed by atoms with Crippen molar-refractivity contribution < 1.29 is 23.8 Å². The summed E-state index contributed by atoms with van der Waals surface area (Å²) in [5, 5.41) is 16.1. The van der Waals surface area contributed by atoms with Crippen molar-refractivity contribution in [3.05, 3.63) is 88.1 Å². The van der Waals surface area contributed by atoms with Crippen molar-refractivity contribution in [1.29, 1.82) is 0 Å². The number of nitro groups is 1. The highest BCUT2D eigenvalue weighted by atomic mass is 16.6. The third-order valence-corrected chi connectivity index (χ3v) is 5.24. The van der Waals surface area contributed by atoms with Crippen LogP contribution >= 0.6 is 0 Å². The number of pyridine rings is 1. The molecule has 0 aliphatic rings. The van der Waals surface area contributed by atoms with Crippen LogP contribution in [0.4, 0.5) is 16.2 Å². The van der Waals surface area contributed by atoms with Gasteiger partial charge in [-0.3, -0.25) is 20.2 Å². The molecule has 8 nitrogen and oxygen atoms in total. The number of amides is 1. The Labute approximate surface area is 183 Å². The highest BCUT2D eigenvalue weighted by molar-refractivity contribution is 6.18. The van der Waals surface area contributed by atoms with E-state index >= 15 is 0 Å². The maximum absolute atomic E-state index is 13.5. The number of hydrogen-bond acceptors (Lipinski definition) is 5. The number of benzene rings is 3. The Bertz CT molecular complexity index is 1380. The molecule has 0 saturated carbocycles. The summed E-state index contributed by atoms with van der Waals surface area (Å²) < 4.78 is 6.75. The highest BCUT2D eigenvalue weighted by Crippen LogP contribution is 2.29. The number of nitrogens with zero attached hydrogens (tertiary/aromatic N) is 2. The monoisotopic (exact) mass is 430 g/mol. The van der Waals surface area contributed by atoms with Crippen LogP contribution in [0.25, 0.3) is 21.7 Å². The highest BCUT2D eigenvalue weighted by Gasteiger charge is 2.27. The maximum atomic E-state index is 13.5. The molecule has 0 unspecified atom stereocenters. The van der Waals surface area contributed by atoms with Crippen LogP contribution in [0.5, 0.6) is 0 Å². The van der Waals surface area contributed by atoms with Gasteiger partial charge in [-0.05, 0) is 37.3 Å². The Morgan fingerprint density at radius 2 is 1.72 bits per heavy atom. The largest absolute Gasteiger partial charge is 0.450 e. The second-order valence-corrected chi connectivity index (χ2v) is 7.16. The van der Waals surface area contributed by atoms with Gasteiger partial charge in [0.15, 0.2) is 0 Å². The summed E-state index contributed by atoms with van der Waals surface area (Å²) in [6, 6.07) is 18.6. The molecule has 0 fully saturated rings. The molecule has 0 aliphatic heterocycles. The van der Waals surface area contributed by atoms with E-state index in [4.69, 9.17) is 4.74 Å². The fraction of sp³-hybridized carbons (Fsp3) is 0.125. The van der Waals surface area contributed by atoms with E-state index < -0.39 is 11.0 Å². The molecule has 4 rings (SSSR count). The lowest BCUT2D eigenvalue weighted by molar-refractivity contribution is -0.645. The molecule has 4 aromatic rings. The van der Waals surface area contributed by atoms with Crippen molar-refractivity contribution in [3.63, 3.8) is 0 Å². The van der Waals surface area contributed by atoms with Crippen LogP contribution in [0.15, 0.2) is 66.7 Å². The van der Waals surface area contributed by atoms with Crippen molar-refractivity contribution in [2.45, 2.75) is 6.92 Å². The van der Waals surface area contributed by atoms with Gasteiger partial charge in [-0.15, -0.1) is 0 Å². The number of para-hydroxylation sites is 1. The van der Waals surface area contributed by atoms with Crippen molar-refractivity contribution in [2.75, 3.05) is 11.9 Å². The first-order chi connectivity index (χ1) is 15.4. The number of nitrogens with one attached hydrogen (secondary N) is 1. The molecule has 8 heteroatoms. The van der Waals surface area contributed by atoms with E-state index in [9.17, 15) is 19.7 Å². The lowest BCUT2D eigenvalue weighted by Gasteiger charge is -2.11. The summed E-state index contributed by atoms with van der Waals surface area (Å²) in [6.45, 7) is 1.95. The first-order valence-corrected chi connectivity index (χ1v) is 9.98. The van der Waals surface area contributed by atoms with Gasteiger partial charge in [0.25, 0.3) is 17.2 Å². The average molecular weight is 430 g/mol. The predicted octanol–water partition coefficient (Wildman–Crippen LogP) is 4.53. The molecule has 0 bridgehead atoms. The Kier molecular flexibility index (Phi) is 5.51. The lowest BCUT2D eigenvalue weighted by Crippen LogP contribution is -2.37. The third-order valence-electron chi connectivity index (χ3n) is 5.24. The summed E-state index contributed by atoms with van der Waals surface area (Å²) in [7, 11) is 1.80. The van der Waals surface area contributed by atoms with Gasteiger partial charge in [0.05, 0.1) is 22.3 Å². The molecule has 160 valence electrons. The van der Waals surface area contributed by atoms with Crippen molar-refractivity contribution in [3.8, 4) is 0 Å². The molecule has 0 radical (unpaired) electrons. The summed E-state index contributed by atoms with van der Waals surface area (Å²) in [4.78, 5) is 35.9. The minimum absolute atomic E-state index is 0.0878. The van der Waals surface area contributed by atoms with E-state index in [-0.39, 0.29) is 18.1 Å². The lowest BCUT2D eigenvalue weighted by atomic mass is 9.97.